The van der Waals surface area contributed by atoms with E-state index in [1.165, 1.54) is 19.9 Å². The highest BCUT2D eigenvalue weighted by Gasteiger charge is 2.25. The van der Waals surface area contributed by atoms with E-state index in [9.17, 15) is 24.6 Å². The van der Waals surface area contributed by atoms with Crippen molar-refractivity contribution in [3.8, 4) is 11.5 Å². The molecule has 4 rings (SSSR count). The molecule has 3 amide bonds. The van der Waals surface area contributed by atoms with Gasteiger partial charge in [0.15, 0.2) is 0 Å². The van der Waals surface area contributed by atoms with E-state index in [-0.39, 0.29) is 40.6 Å². The zero-order chi connectivity index (χ0) is 28.1. The number of hydrogen-bond acceptors (Lipinski definition) is 7. The molecule has 0 heterocycles. The monoisotopic (exact) mass is 607 g/mol. The summed E-state index contributed by atoms with van der Waals surface area (Å²) >= 11 is 0. The maximum atomic E-state index is 13.1. The summed E-state index contributed by atoms with van der Waals surface area (Å²) in [5.41, 5.74) is 6.61. The van der Waals surface area contributed by atoms with Crippen molar-refractivity contribution in [2.45, 2.75) is 38.4 Å². The van der Waals surface area contributed by atoms with Crippen LogP contribution in [0, 0.1) is 0 Å². The van der Waals surface area contributed by atoms with Crippen LogP contribution in [0.3, 0.4) is 0 Å². The molecule has 3 atom stereocenters. The van der Waals surface area contributed by atoms with Gasteiger partial charge in [0, 0.05) is 28.0 Å². The van der Waals surface area contributed by atoms with Crippen LogP contribution in [0.2, 0.25) is 0 Å². The minimum absolute atomic E-state index is 0. The number of fused-ring (bicyclic) bond motifs is 2. The predicted molar refractivity (Wildman–Crippen MR) is 158 cm³/mol. The van der Waals surface area contributed by atoms with E-state index in [1.807, 2.05) is 30.3 Å². The van der Waals surface area contributed by atoms with Gasteiger partial charge in [0.1, 0.15) is 23.6 Å². The summed E-state index contributed by atoms with van der Waals surface area (Å²) in [6.07, 6.45) is 0.150. The van der Waals surface area contributed by atoms with E-state index in [0.717, 1.165) is 5.56 Å². The Bertz CT molecular complexity index is 1580. The Kier molecular flexibility index (Phi) is 9.92. The molecule has 1 unspecified atom stereocenters. The lowest BCUT2D eigenvalue weighted by Gasteiger charge is -2.20. The molecule has 40 heavy (non-hydrogen) atoms. The van der Waals surface area contributed by atoms with Gasteiger partial charge in [-0.15, -0.1) is 27.2 Å². The molecule has 6 N–H and O–H groups in total. The van der Waals surface area contributed by atoms with Crippen LogP contribution in [0.15, 0.2) is 83.0 Å². The number of azo groups is 1. The molecule has 0 radical (unpaired) electrons. The number of phenolic OH excluding ortho intramolecular Hbond substituents is 2. The Morgan fingerprint density at radius 2 is 1.38 bits per heavy atom. The van der Waals surface area contributed by atoms with Gasteiger partial charge < -0.3 is 26.6 Å². The number of phenols is 2. The molecule has 4 aromatic rings. The first kappa shape index (κ1) is 30.2. The highest BCUT2D eigenvalue weighted by Crippen LogP contribution is 2.42. The lowest BCUT2D eigenvalue weighted by atomic mass is 10.0. The van der Waals surface area contributed by atoms with E-state index in [2.05, 4.69) is 20.9 Å². The Balaban J connectivity index is 0.00000441. The third kappa shape index (κ3) is 6.80. The summed E-state index contributed by atoms with van der Waals surface area (Å²) in [5, 5.41) is 36.3. The SMILES string of the molecule is Br.CC(NC(=O)[C@H](C)N)C(=O)N[C@@H](Cc1ccccc1)C(=O)N=Nc1ccc2c(O)c3ccccc3c(O)c2c1. The lowest BCUT2D eigenvalue weighted by Crippen LogP contribution is -2.53. The molecule has 11 heteroatoms. The van der Waals surface area contributed by atoms with Gasteiger partial charge in [-0.1, -0.05) is 54.6 Å². The second-order valence-electron chi connectivity index (χ2n) is 9.28. The summed E-state index contributed by atoms with van der Waals surface area (Å²) in [5.74, 6) is -1.79. The zero-order valence-electron chi connectivity index (χ0n) is 21.9. The summed E-state index contributed by atoms with van der Waals surface area (Å²) < 4.78 is 0. The van der Waals surface area contributed by atoms with Gasteiger partial charge in [-0.2, -0.15) is 0 Å². The first-order valence-electron chi connectivity index (χ1n) is 12.4. The van der Waals surface area contributed by atoms with Crippen LogP contribution >= 0.6 is 17.0 Å². The molecule has 0 fully saturated rings. The molecular weight excluding hydrogens is 578 g/mol. The second-order valence-corrected chi connectivity index (χ2v) is 9.28. The van der Waals surface area contributed by atoms with E-state index in [4.69, 9.17) is 5.73 Å². The first-order chi connectivity index (χ1) is 18.7. The van der Waals surface area contributed by atoms with Crippen LogP contribution in [0.5, 0.6) is 11.5 Å². The van der Waals surface area contributed by atoms with E-state index in [0.29, 0.717) is 21.5 Å². The van der Waals surface area contributed by atoms with Crippen LogP contribution in [0.4, 0.5) is 5.69 Å². The third-order valence-corrected chi connectivity index (χ3v) is 6.28. The zero-order valence-corrected chi connectivity index (χ0v) is 23.6. The van der Waals surface area contributed by atoms with Crippen molar-refractivity contribution in [1.29, 1.82) is 0 Å². The third-order valence-electron chi connectivity index (χ3n) is 6.28. The van der Waals surface area contributed by atoms with Gasteiger partial charge >= 0.3 is 0 Å². The molecule has 0 aliphatic carbocycles. The number of hydrogen-bond donors (Lipinski definition) is 5. The van der Waals surface area contributed by atoms with Crippen molar-refractivity contribution in [3.63, 3.8) is 0 Å². The van der Waals surface area contributed by atoms with E-state index < -0.39 is 35.8 Å². The molecular formula is C29H30BrN5O5. The molecule has 4 aromatic carbocycles. The van der Waals surface area contributed by atoms with Crippen molar-refractivity contribution in [1.82, 2.24) is 10.6 Å². The van der Waals surface area contributed by atoms with Gasteiger partial charge in [0.2, 0.25) is 11.8 Å². The number of nitrogens with one attached hydrogen (secondary N) is 2. The minimum Gasteiger partial charge on any atom is -0.507 e. The Labute approximate surface area is 241 Å². The number of nitrogens with two attached hydrogens (primary N) is 1. The van der Waals surface area contributed by atoms with Crippen LogP contribution in [-0.4, -0.2) is 46.1 Å². The van der Waals surface area contributed by atoms with Crippen LogP contribution in [0.1, 0.15) is 19.4 Å². The number of benzene rings is 4. The summed E-state index contributed by atoms with van der Waals surface area (Å²) in [4.78, 5) is 37.7. The largest absolute Gasteiger partial charge is 0.507 e. The van der Waals surface area contributed by atoms with Crippen molar-refractivity contribution in [2.24, 2.45) is 16.0 Å². The molecule has 0 aliphatic rings. The maximum Gasteiger partial charge on any atom is 0.287 e. The fourth-order valence-corrected chi connectivity index (χ4v) is 4.12. The standard InChI is InChI=1S/C29H29N5O5.BrH/c1-16(30)27(37)31-17(2)28(38)32-24(14-18-8-4-3-5-9-18)29(39)34-33-19-12-13-22-23(15-19)26(36)21-11-7-6-10-20(21)25(22)35;/h3-13,15-17,24,35-36H,14,30H2,1-2H3,(H,31,37)(H,32,38);1H/t16-,17?,24-;/m0./s1. The lowest BCUT2D eigenvalue weighted by molar-refractivity contribution is -0.131. The van der Waals surface area contributed by atoms with Crippen molar-refractivity contribution < 1.29 is 24.6 Å². The normalized spacial score (nSPS) is 13.4. The molecule has 0 aromatic heterocycles. The van der Waals surface area contributed by atoms with Crippen molar-refractivity contribution in [2.75, 3.05) is 0 Å². The van der Waals surface area contributed by atoms with Crippen molar-refractivity contribution >= 4 is 61.9 Å². The summed E-state index contributed by atoms with van der Waals surface area (Å²) in [6.45, 7) is 2.99. The second kappa shape index (κ2) is 13.1. The summed E-state index contributed by atoms with van der Waals surface area (Å²) in [6, 6.07) is 17.9. The molecule has 0 saturated heterocycles. The number of halogens is 1. The molecule has 0 bridgehead atoms. The Hall–Kier alpha value is -4.35. The Morgan fingerprint density at radius 1 is 0.800 bits per heavy atom. The smallest absolute Gasteiger partial charge is 0.287 e. The van der Waals surface area contributed by atoms with E-state index in [1.54, 1.807) is 36.4 Å². The maximum absolute atomic E-state index is 13.1. The topological polar surface area (TPSA) is 166 Å². The predicted octanol–water partition coefficient (Wildman–Crippen LogP) is 4.17. The molecule has 10 nitrogen and oxygen atoms in total. The molecule has 0 spiro atoms. The fourth-order valence-electron chi connectivity index (χ4n) is 4.12. The molecule has 208 valence electrons. The van der Waals surface area contributed by atoms with Crippen molar-refractivity contribution in [3.05, 3.63) is 78.4 Å². The first-order valence-corrected chi connectivity index (χ1v) is 12.4. The molecule has 0 aliphatic heterocycles. The number of carbonyl (C=O) groups excluding carboxylic acids is 3. The average Bonchev–Trinajstić information content (AvgIpc) is 2.94. The van der Waals surface area contributed by atoms with Gasteiger partial charge in [-0.3, -0.25) is 14.4 Å². The Morgan fingerprint density at radius 3 is 2.00 bits per heavy atom. The van der Waals surface area contributed by atoms with Crippen LogP contribution in [-0.2, 0) is 20.8 Å². The van der Waals surface area contributed by atoms with E-state index >= 15 is 0 Å². The van der Waals surface area contributed by atoms with Gasteiger partial charge in [0.25, 0.3) is 5.91 Å². The van der Waals surface area contributed by atoms with Gasteiger partial charge in [0.05, 0.1) is 11.7 Å². The van der Waals surface area contributed by atoms with Crippen LogP contribution < -0.4 is 16.4 Å². The highest BCUT2D eigenvalue weighted by atomic mass is 79.9. The molecule has 0 saturated carbocycles. The number of rotatable bonds is 8. The number of amides is 3. The van der Waals surface area contributed by atoms with Gasteiger partial charge in [-0.25, -0.2) is 0 Å². The highest BCUT2D eigenvalue weighted by molar-refractivity contribution is 8.93. The number of nitrogens with zero attached hydrogens (tertiary/aromatic N) is 2. The fraction of sp³-hybridized carbons (Fsp3) is 0.207. The van der Waals surface area contributed by atoms with Crippen LogP contribution in [0.25, 0.3) is 21.5 Å². The number of carbonyl (C=O) groups is 3. The minimum atomic E-state index is -1.06. The summed E-state index contributed by atoms with van der Waals surface area (Å²) in [7, 11) is 0. The van der Waals surface area contributed by atoms with Gasteiger partial charge in [-0.05, 0) is 37.6 Å². The average molecular weight is 608 g/mol. The quantitative estimate of drug-likeness (QED) is 0.114. The number of aromatic hydroxyl groups is 2.